The molecule has 0 saturated carbocycles. The molecule has 1 aliphatic heterocycles. The molecule has 130 valence electrons. The number of rotatable bonds is 5. The number of hydrogen-bond donors (Lipinski definition) is 1. The fourth-order valence-corrected chi connectivity index (χ4v) is 2.57. The van der Waals surface area contributed by atoms with Crippen LogP contribution in [0.5, 0.6) is 0 Å². The van der Waals surface area contributed by atoms with Crippen LogP contribution < -0.4 is 0 Å². The third-order valence-electron chi connectivity index (χ3n) is 4.51. The van der Waals surface area contributed by atoms with Crippen molar-refractivity contribution >= 4 is 31.8 Å². The van der Waals surface area contributed by atoms with E-state index in [-0.39, 0.29) is 17.2 Å². The minimum absolute atomic E-state index is 0.312. The first-order valence-electron chi connectivity index (χ1n) is 8.14. The Labute approximate surface area is 150 Å². The van der Waals surface area contributed by atoms with E-state index < -0.39 is 7.12 Å². The van der Waals surface area contributed by atoms with E-state index in [1.54, 1.807) is 19.1 Å². The van der Waals surface area contributed by atoms with Crippen molar-refractivity contribution in [3.63, 3.8) is 0 Å². The zero-order valence-electron chi connectivity index (χ0n) is 15.0. The van der Waals surface area contributed by atoms with Gasteiger partial charge in [-0.05, 0) is 57.8 Å². The lowest BCUT2D eigenvalue weighted by molar-refractivity contribution is 0.00578. The van der Waals surface area contributed by atoms with Gasteiger partial charge in [-0.3, -0.25) is 0 Å². The van der Waals surface area contributed by atoms with Gasteiger partial charge in [0, 0.05) is 5.75 Å². The van der Waals surface area contributed by atoms with Crippen molar-refractivity contribution in [1.29, 1.82) is 0 Å². The molecule has 1 aromatic carbocycles. The summed E-state index contributed by atoms with van der Waals surface area (Å²) in [6, 6.07) is 7.26. The average molecular weight is 348 g/mol. The van der Waals surface area contributed by atoms with Gasteiger partial charge in [-0.25, -0.2) is 4.79 Å². The molecule has 6 heteroatoms. The van der Waals surface area contributed by atoms with Gasteiger partial charge in [-0.15, -0.1) is 0 Å². The third-order valence-corrected chi connectivity index (χ3v) is 4.88. The standard InChI is InChI=1S/C18H25BO4S/c1-6-21-16(20)14-9-7-13(8-10-14)11-15(12-24)19-22-17(2,3)18(4,5)23-19/h7-11,24H,6,12H2,1-5H3. The number of hydrogen-bond acceptors (Lipinski definition) is 5. The molecule has 1 aliphatic rings. The molecule has 2 rings (SSSR count). The van der Waals surface area contributed by atoms with Crippen LogP contribution in [0.1, 0.15) is 50.5 Å². The van der Waals surface area contributed by atoms with Gasteiger partial charge in [0.25, 0.3) is 0 Å². The first-order chi connectivity index (χ1) is 11.2. The van der Waals surface area contributed by atoms with Crippen LogP contribution in [0.3, 0.4) is 0 Å². The number of esters is 1. The van der Waals surface area contributed by atoms with Gasteiger partial charge < -0.3 is 14.0 Å². The van der Waals surface area contributed by atoms with E-state index in [1.807, 2.05) is 45.9 Å². The number of carbonyl (C=O) groups excluding carboxylic acids is 1. The lowest BCUT2D eigenvalue weighted by atomic mass is 9.78. The minimum Gasteiger partial charge on any atom is -0.462 e. The Bertz CT molecular complexity index is 606. The van der Waals surface area contributed by atoms with Gasteiger partial charge >= 0.3 is 13.1 Å². The van der Waals surface area contributed by atoms with Crippen LogP contribution in [0.4, 0.5) is 0 Å². The second kappa shape index (κ2) is 7.34. The zero-order chi connectivity index (χ0) is 18.0. The summed E-state index contributed by atoms with van der Waals surface area (Å²) in [7, 11) is -0.419. The second-order valence-electron chi connectivity index (χ2n) is 6.81. The van der Waals surface area contributed by atoms with Crippen molar-refractivity contribution in [2.45, 2.75) is 45.8 Å². The van der Waals surface area contributed by atoms with Crippen LogP contribution in [0, 0.1) is 0 Å². The van der Waals surface area contributed by atoms with Crippen molar-refractivity contribution in [1.82, 2.24) is 0 Å². The largest absolute Gasteiger partial charge is 0.491 e. The molecule has 0 unspecified atom stereocenters. The molecule has 0 aliphatic carbocycles. The van der Waals surface area contributed by atoms with Crippen LogP contribution in [-0.2, 0) is 14.0 Å². The van der Waals surface area contributed by atoms with E-state index in [1.165, 1.54) is 0 Å². The van der Waals surface area contributed by atoms with Crippen molar-refractivity contribution in [2.75, 3.05) is 12.4 Å². The normalized spacial score (nSPS) is 19.4. The highest BCUT2D eigenvalue weighted by Crippen LogP contribution is 2.39. The van der Waals surface area contributed by atoms with Crippen LogP contribution in [0.25, 0.3) is 6.08 Å². The summed E-state index contributed by atoms with van der Waals surface area (Å²) in [6.07, 6.45) is 1.99. The lowest BCUT2D eigenvalue weighted by Gasteiger charge is -2.32. The Morgan fingerprint density at radius 2 is 1.71 bits per heavy atom. The predicted molar refractivity (Wildman–Crippen MR) is 100 cm³/mol. The highest BCUT2D eigenvalue weighted by molar-refractivity contribution is 7.80. The molecule has 0 spiro atoms. The number of carbonyl (C=O) groups is 1. The Kier molecular flexibility index (Phi) is 5.84. The Morgan fingerprint density at radius 1 is 1.17 bits per heavy atom. The maximum absolute atomic E-state index is 11.7. The number of thiol groups is 1. The predicted octanol–water partition coefficient (Wildman–Crippen LogP) is 3.81. The van der Waals surface area contributed by atoms with Crippen molar-refractivity contribution in [3.8, 4) is 0 Å². The molecule has 0 bridgehead atoms. The summed E-state index contributed by atoms with van der Waals surface area (Å²) in [5.41, 5.74) is 1.68. The topological polar surface area (TPSA) is 44.8 Å². The smallest absolute Gasteiger partial charge is 0.462 e. The molecule has 1 saturated heterocycles. The molecule has 0 N–H and O–H groups in total. The number of ether oxygens (including phenoxy) is 1. The van der Waals surface area contributed by atoms with Gasteiger partial charge in [-0.1, -0.05) is 18.2 Å². The molecular formula is C18H25BO4S. The third kappa shape index (κ3) is 4.05. The Balaban J connectivity index is 2.18. The summed E-state index contributed by atoms with van der Waals surface area (Å²) >= 11 is 4.41. The summed E-state index contributed by atoms with van der Waals surface area (Å²) in [5, 5.41) is 0. The average Bonchev–Trinajstić information content (AvgIpc) is 2.73. The maximum atomic E-state index is 11.7. The zero-order valence-corrected chi connectivity index (χ0v) is 15.9. The lowest BCUT2D eigenvalue weighted by Crippen LogP contribution is -2.41. The van der Waals surface area contributed by atoms with E-state index in [0.29, 0.717) is 17.9 Å². The minimum atomic E-state index is -0.419. The molecule has 0 aromatic heterocycles. The summed E-state index contributed by atoms with van der Waals surface area (Å²) in [6.45, 7) is 10.3. The molecule has 24 heavy (non-hydrogen) atoms. The maximum Gasteiger partial charge on any atom is 0.491 e. The van der Waals surface area contributed by atoms with Gasteiger partial charge in [0.1, 0.15) is 0 Å². The van der Waals surface area contributed by atoms with E-state index in [4.69, 9.17) is 14.0 Å². The van der Waals surface area contributed by atoms with Gasteiger partial charge in [-0.2, -0.15) is 12.6 Å². The van der Waals surface area contributed by atoms with Crippen LogP contribution in [0.2, 0.25) is 0 Å². The van der Waals surface area contributed by atoms with Crippen molar-refractivity contribution in [2.24, 2.45) is 0 Å². The van der Waals surface area contributed by atoms with E-state index in [0.717, 1.165) is 11.0 Å². The van der Waals surface area contributed by atoms with Gasteiger partial charge in [0.2, 0.25) is 0 Å². The summed E-state index contributed by atoms with van der Waals surface area (Å²) in [5.74, 6) is 0.213. The number of benzene rings is 1. The second-order valence-corrected chi connectivity index (χ2v) is 7.12. The van der Waals surface area contributed by atoms with Crippen LogP contribution in [0.15, 0.2) is 29.7 Å². The Morgan fingerprint density at radius 3 is 2.17 bits per heavy atom. The quantitative estimate of drug-likeness (QED) is 0.499. The van der Waals surface area contributed by atoms with E-state index in [2.05, 4.69) is 12.6 Å². The fourth-order valence-electron chi connectivity index (χ4n) is 2.33. The van der Waals surface area contributed by atoms with Gasteiger partial charge in [0.15, 0.2) is 0 Å². The first kappa shape index (κ1) is 19.1. The molecular weight excluding hydrogens is 323 g/mol. The highest BCUT2D eigenvalue weighted by atomic mass is 32.1. The molecule has 1 aromatic rings. The first-order valence-corrected chi connectivity index (χ1v) is 8.77. The van der Waals surface area contributed by atoms with E-state index >= 15 is 0 Å². The van der Waals surface area contributed by atoms with E-state index in [9.17, 15) is 4.79 Å². The van der Waals surface area contributed by atoms with Crippen LogP contribution >= 0.6 is 12.6 Å². The van der Waals surface area contributed by atoms with Crippen LogP contribution in [-0.4, -0.2) is 36.6 Å². The summed E-state index contributed by atoms with van der Waals surface area (Å²) in [4.78, 5) is 11.7. The van der Waals surface area contributed by atoms with Gasteiger partial charge in [0.05, 0.1) is 23.4 Å². The molecule has 1 fully saturated rings. The highest BCUT2D eigenvalue weighted by Gasteiger charge is 2.52. The molecule has 4 nitrogen and oxygen atoms in total. The molecule has 0 radical (unpaired) electrons. The molecule has 0 amide bonds. The van der Waals surface area contributed by atoms with Crippen molar-refractivity contribution < 1.29 is 18.8 Å². The monoisotopic (exact) mass is 348 g/mol. The molecule has 0 atom stereocenters. The summed E-state index contributed by atoms with van der Waals surface area (Å²) < 4.78 is 17.1. The van der Waals surface area contributed by atoms with Crippen molar-refractivity contribution in [3.05, 3.63) is 40.9 Å². The SMILES string of the molecule is CCOC(=O)c1ccc(C=C(CS)B2OC(C)(C)C(C)(C)O2)cc1. The Hall–Kier alpha value is -1.24. The fraction of sp³-hybridized carbons (Fsp3) is 0.500. The molecule has 1 heterocycles.